The molecule has 0 N–H and O–H groups in total. The average molecular weight is 374 g/mol. The standard InChI is InChI=1S/C20H27N3O2S/c24-19-17-8-2-3-9-18(17)21-20(23(19)15-16-7-6-13-25-16)26-14-12-22-10-4-1-5-11-22/h2-3,8-9,16H,1,4-7,10-15H2/t16-/m0/s1. The van der Waals surface area contributed by atoms with E-state index in [-0.39, 0.29) is 11.7 Å². The molecule has 0 unspecified atom stereocenters. The molecule has 6 heteroatoms. The van der Waals surface area contributed by atoms with Crippen LogP contribution in [0.4, 0.5) is 0 Å². The lowest BCUT2D eigenvalue weighted by molar-refractivity contribution is 0.0937. The second-order valence-electron chi connectivity index (χ2n) is 7.21. The molecule has 140 valence electrons. The zero-order chi connectivity index (χ0) is 17.8. The number of fused-ring (bicyclic) bond motifs is 1. The van der Waals surface area contributed by atoms with Crippen LogP contribution in [0, 0.1) is 0 Å². The molecule has 0 spiro atoms. The first-order valence-electron chi connectivity index (χ1n) is 9.77. The first-order valence-corrected chi connectivity index (χ1v) is 10.8. The van der Waals surface area contributed by atoms with Crippen molar-refractivity contribution < 1.29 is 4.74 Å². The van der Waals surface area contributed by atoms with E-state index in [2.05, 4.69) is 4.90 Å². The molecule has 0 radical (unpaired) electrons. The van der Waals surface area contributed by atoms with Gasteiger partial charge in [-0.1, -0.05) is 30.3 Å². The van der Waals surface area contributed by atoms with Gasteiger partial charge < -0.3 is 9.64 Å². The van der Waals surface area contributed by atoms with Crippen LogP contribution in [0.2, 0.25) is 0 Å². The third-order valence-corrected chi connectivity index (χ3v) is 6.28. The van der Waals surface area contributed by atoms with Gasteiger partial charge in [0.1, 0.15) is 0 Å². The number of piperidine rings is 1. The lowest BCUT2D eigenvalue weighted by atomic mass is 10.1. The molecule has 2 aliphatic heterocycles. The Morgan fingerprint density at radius 2 is 2.00 bits per heavy atom. The highest BCUT2D eigenvalue weighted by atomic mass is 32.2. The van der Waals surface area contributed by atoms with Gasteiger partial charge in [0.15, 0.2) is 5.16 Å². The fourth-order valence-corrected chi connectivity index (χ4v) is 4.87. The Hall–Kier alpha value is -1.37. The van der Waals surface area contributed by atoms with E-state index in [9.17, 15) is 4.79 Å². The molecule has 2 aliphatic rings. The number of hydrogen-bond donors (Lipinski definition) is 0. The first-order chi connectivity index (χ1) is 12.8. The van der Waals surface area contributed by atoms with Crippen molar-refractivity contribution in [3.05, 3.63) is 34.6 Å². The van der Waals surface area contributed by atoms with Crippen LogP contribution < -0.4 is 5.56 Å². The monoisotopic (exact) mass is 373 g/mol. The summed E-state index contributed by atoms with van der Waals surface area (Å²) in [5.41, 5.74) is 0.855. The Balaban J connectivity index is 1.55. The van der Waals surface area contributed by atoms with Crippen molar-refractivity contribution in [3.63, 3.8) is 0 Å². The maximum Gasteiger partial charge on any atom is 0.262 e. The molecule has 2 fully saturated rings. The van der Waals surface area contributed by atoms with Gasteiger partial charge in [0.05, 0.1) is 23.6 Å². The topological polar surface area (TPSA) is 47.4 Å². The largest absolute Gasteiger partial charge is 0.376 e. The second-order valence-corrected chi connectivity index (χ2v) is 8.28. The van der Waals surface area contributed by atoms with Crippen LogP contribution >= 0.6 is 11.8 Å². The zero-order valence-corrected chi connectivity index (χ0v) is 16.0. The molecule has 0 aliphatic carbocycles. The summed E-state index contributed by atoms with van der Waals surface area (Å²) in [4.78, 5) is 20.4. The Morgan fingerprint density at radius 1 is 1.15 bits per heavy atom. The van der Waals surface area contributed by atoms with Crippen LogP contribution in [-0.2, 0) is 11.3 Å². The number of ether oxygens (including phenoxy) is 1. The van der Waals surface area contributed by atoms with E-state index in [4.69, 9.17) is 9.72 Å². The van der Waals surface area contributed by atoms with Gasteiger partial charge in [0.2, 0.25) is 0 Å². The van der Waals surface area contributed by atoms with Crippen LogP contribution in [-0.4, -0.2) is 52.5 Å². The van der Waals surface area contributed by atoms with Crippen LogP contribution in [0.25, 0.3) is 10.9 Å². The van der Waals surface area contributed by atoms with Crippen LogP contribution in [0.15, 0.2) is 34.2 Å². The molecule has 1 atom stereocenters. The predicted molar refractivity (Wildman–Crippen MR) is 106 cm³/mol. The predicted octanol–water partition coefficient (Wildman–Crippen LogP) is 3.15. The molecule has 1 aromatic heterocycles. The minimum atomic E-state index is 0.0616. The quantitative estimate of drug-likeness (QED) is 0.575. The lowest BCUT2D eigenvalue weighted by Gasteiger charge is -2.26. The number of nitrogens with zero attached hydrogens (tertiary/aromatic N) is 3. The van der Waals surface area contributed by atoms with E-state index < -0.39 is 0 Å². The van der Waals surface area contributed by atoms with E-state index >= 15 is 0 Å². The van der Waals surface area contributed by atoms with Gasteiger partial charge in [-0.2, -0.15) is 0 Å². The van der Waals surface area contributed by atoms with E-state index in [0.717, 1.165) is 42.4 Å². The van der Waals surface area contributed by atoms with Gasteiger partial charge in [-0.25, -0.2) is 4.98 Å². The van der Waals surface area contributed by atoms with Crippen LogP contribution in [0.3, 0.4) is 0 Å². The molecule has 2 aromatic rings. The first kappa shape index (κ1) is 18.0. The number of rotatable bonds is 6. The van der Waals surface area contributed by atoms with Crippen molar-refractivity contribution in [2.24, 2.45) is 0 Å². The molecule has 5 nitrogen and oxygen atoms in total. The third kappa shape index (κ3) is 4.13. The van der Waals surface area contributed by atoms with E-state index in [1.807, 2.05) is 28.8 Å². The normalized spacial score (nSPS) is 21.5. The molecule has 0 saturated carbocycles. The summed E-state index contributed by atoms with van der Waals surface area (Å²) < 4.78 is 7.62. The SMILES string of the molecule is O=c1c2ccccc2nc(SCCN2CCCCC2)n1C[C@@H]1CCCO1. The van der Waals surface area contributed by atoms with E-state index in [1.54, 1.807) is 11.8 Å². The summed E-state index contributed by atoms with van der Waals surface area (Å²) in [7, 11) is 0. The van der Waals surface area contributed by atoms with Crippen LogP contribution in [0.5, 0.6) is 0 Å². The average Bonchev–Trinajstić information content (AvgIpc) is 3.19. The zero-order valence-electron chi connectivity index (χ0n) is 15.2. The van der Waals surface area contributed by atoms with Crippen molar-refractivity contribution in [1.29, 1.82) is 0 Å². The summed E-state index contributed by atoms with van der Waals surface area (Å²) in [5.74, 6) is 0.969. The van der Waals surface area contributed by atoms with Gasteiger partial charge in [-0.3, -0.25) is 9.36 Å². The highest BCUT2D eigenvalue weighted by Gasteiger charge is 2.20. The van der Waals surface area contributed by atoms with E-state index in [0.29, 0.717) is 11.9 Å². The maximum atomic E-state index is 13.0. The van der Waals surface area contributed by atoms with Gasteiger partial charge in [-0.05, 0) is 50.9 Å². The Morgan fingerprint density at radius 3 is 2.81 bits per heavy atom. The van der Waals surface area contributed by atoms with Crippen molar-refractivity contribution in [2.75, 3.05) is 32.0 Å². The molecular formula is C20H27N3O2S. The van der Waals surface area contributed by atoms with Crippen molar-refractivity contribution >= 4 is 22.7 Å². The molecular weight excluding hydrogens is 346 g/mol. The summed E-state index contributed by atoms with van der Waals surface area (Å²) in [5, 5.41) is 1.53. The second kappa shape index (κ2) is 8.55. The molecule has 26 heavy (non-hydrogen) atoms. The number of thioether (sulfide) groups is 1. The third-order valence-electron chi connectivity index (χ3n) is 5.32. The highest BCUT2D eigenvalue weighted by molar-refractivity contribution is 7.99. The van der Waals surface area contributed by atoms with Gasteiger partial charge in [-0.15, -0.1) is 0 Å². The fraction of sp³-hybridized carbons (Fsp3) is 0.600. The minimum Gasteiger partial charge on any atom is -0.376 e. The number of aromatic nitrogens is 2. The van der Waals surface area contributed by atoms with Crippen LogP contribution in [0.1, 0.15) is 32.1 Å². The molecule has 0 bridgehead atoms. The van der Waals surface area contributed by atoms with Crippen molar-refractivity contribution in [2.45, 2.75) is 49.9 Å². The maximum absolute atomic E-state index is 13.0. The van der Waals surface area contributed by atoms with Crippen molar-refractivity contribution in [3.8, 4) is 0 Å². The number of benzene rings is 1. The lowest BCUT2D eigenvalue weighted by Crippen LogP contribution is -2.32. The minimum absolute atomic E-state index is 0.0616. The molecule has 2 saturated heterocycles. The van der Waals surface area contributed by atoms with E-state index in [1.165, 1.54) is 32.4 Å². The number of hydrogen-bond acceptors (Lipinski definition) is 5. The van der Waals surface area contributed by atoms with Crippen molar-refractivity contribution in [1.82, 2.24) is 14.5 Å². The summed E-state index contributed by atoms with van der Waals surface area (Å²) in [6.45, 7) is 4.89. The Bertz CT molecular complexity index is 795. The molecule has 0 amide bonds. The smallest absolute Gasteiger partial charge is 0.262 e. The Labute approximate surface area is 158 Å². The number of para-hydroxylation sites is 1. The van der Waals surface area contributed by atoms with Gasteiger partial charge in [0, 0.05) is 18.9 Å². The van der Waals surface area contributed by atoms with Gasteiger partial charge >= 0.3 is 0 Å². The molecule has 4 rings (SSSR count). The fourth-order valence-electron chi connectivity index (χ4n) is 3.86. The van der Waals surface area contributed by atoms with Gasteiger partial charge in [0.25, 0.3) is 5.56 Å². The summed E-state index contributed by atoms with van der Waals surface area (Å²) >= 11 is 1.71. The summed E-state index contributed by atoms with van der Waals surface area (Å²) in [6.07, 6.45) is 6.22. The molecule has 3 heterocycles. The summed E-state index contributed by atoms with van der Waals surface area (Å²) in [6, 6.07) is 7.66. The highest BCUT2D eigenvalue weighted by Crippen LogP contribution is 2.21. The Kier molecular flexibility index (Phi) is 5.92. The molecule has 1 aromatic carbocycles. The number of likely N-dealkylation sites (tertiary alicyclic amines) is 1.